The number of halogens is 2. The van der Waals surface area contributed by atoms with E-state index in [1.165, 1.54) is 25.0 Å². The molecular formula is C26H26ClFN4O3. The maximum atomic E-state index is 15.9. The molecule has 2 aliphatic heterocycles. The molecule has 0 amide bonds. The summed E-state index contributed by atoms with van der Waals surface area (Å²) in [7, 11) is 3.74. The van der Waals surface area contributed by atoms with Gasteiger partial charge in [-0.05, 0) is 57.9 Å². The monoisotopic (exact) mass is 496 g/mol. The molecule has 2 N–H and O–H groups in total. The molecule has 9 heteroatoms. The summed E-state index contributed by atoms with van der Waals surface area (Å²) in [6.45, 7) is 1.84. The first-order chi connectivity index (χ1) is 16.9. The van der Waals surface area contributed by atoms with Gasteiger partial charge in [0.05, 0.1) is 28.9 Å². The molecule has 4 aromatic rings. The Balaban J connectivity index is 1.56. The molecule has 4 heterocycles. The molecule has 6 rings (SSSR count). The van der Waals surface area contributed by atoms with Gasteiger partial charge in [0.1, 0.15) is 17.7 Å². The Hall–Kier alpha value is -3.10. The van der Waals surface area contributed by atoms with Crippen LogP contribution in [0.5, 0.6) is 17.2 Å². The van der Waals surface area contributed by atoms with Crippen LogP contribution in [0.15, 0.2) is 24.3 Å². The van der Waals surface area contributed by atoms with Crippen molar-refractivity contribution >= 4 is 33.4 Å². The number of aromatic hydroxyl groups is 1. The number of hydrogen-bond acceptors (Lipinski definition) is 6. The molecule has 3 atom stereocenters. The number of methoxy groups -OCH3 is 1. The zero-order chi connectivity index (χ0) is 24.4. The fraction of sp³-hybridized carbons (Fsp3) is 0.385. The van der Waals surface area contributed by atoms with Gasteiger partial charge in [0.25, 0.3) is 0 Å². The highest BCUT2D eigenvalue weighted by Gasteiger charge is 2.40. The van der Waals surface area contributed by atoms with Crippen LogP contribution in [0.25, 0.3) is 33.1 Å². The number of piperidine rings is 1. The average molecular weight is 497 g/mol. The van der Waals surface area contributed by atoms with Crippen LogP contribution >= 0.6 is 11.6 Å². The van der Waals surface area contributed by atoms with Crippen LogP contribution in [0.3, 0.4) is 0 Å². The number of benzene rings is 2. The molecule has 2 bridgehead atoms. The second kappa shape index (κ2) is 8.24. The van der Waals surface area contributed by atoms with Crippen LogP contribution < -0.4 is 9.47 Å². The summed E-state index contributed by atoms with van der Waals surface area (Å²) < 4.78 is 28.3. The number of rotatable bonds is 4. The number of pyridine rings is 1. The van der Waals surface area contributed by atoms with E-state index in [0.29, 0.717) is 57.0 Å². The molecule has 2 fully saturated rings. The lowest BCUT2D eigenvalue weighted by molar-refractivity contribution is 0.0643. The molecule has 2 aliphatic rings. The molecule has 2 aromatic heterocycles. The third-order valence-electron chi connectivity index (χ3n) is 7.61. The Kier molecular flexibility index (Phi) is 5.27. The highest BCUT2D eigenvalue weighted by atomic mass is 35.5. The van der Waals surface area contributed by atoms with Gasteiger partial charge in [0.15, 0.2) is 17.1 Å². The molecule has 35 heavy (non-hydrogen) atoms. The predicted octanol–water partition coefficient (Wildman–Crippen LogP) is 5.60. The SMILES string of the molecule is COc1c(O[C@@H]2C[C@H]3CC[C@@H](C2)N3C)cc(F)c2c(-c3ccc(O)c(Cl)c3)nc3[nH]nc(C)c3c12. The van der Waals surface area contributed by atoms with Crippen LogP contribution in [-0.2, 0) is 0 Å². The van der Waals surface area contributed by atoms with Gasteiger partial charge in [-0.15, -0.1) is 0 Å². The van der Waals surface area contributed by atoms with Crippen LogP contribution in [0.2, 0.25) is 5.02 Å². The topological polar surface area (TPSA) is 83.5 Å². The number of H-pyrrole nitrogens is 1. The molecule has 0 radical (unpaired) electrons. The highest BCUT2D eigenvalue weighted by molar-refractivity contribution is 6.32. The molecule has 0 aliphatic carbocycles. The number of hydrogen-bond donors (Lipinski definition) is 2. The average Bonchev–Trinajstić information content (AvgIpc) is 3.28. The van der Waals surface area contributed by atoms with Crippen LogP contribution in [0.1, 0.15) is 31.4 Å². The van der Waals surface area contributed by atoms with E-state index in [-0.39, 0.29) is 22.3 Å². The second-order valence-corrected chi connectivity index (χ2v) is 9.97. The van der Waals surface area contributed by atoms with E-state index in [1.807, 2.05) is 6.92 Å². The smallest absolute Gasteiger partial charge is 0.169 e. The molecule has 0 unspecified atom stereocenters. The van der Waals surface area contributed by atoms with E-state index in [1.54, 1.807) is 19.2 Å². The second-order valence-electron chi connectivity index (χ2n) is 9.56. The van der Waals surface area contributed by atoms with E-state index in [9.17, 15) is 5.11 Å². The lowest BCUT2D eigenvalue weighted by Gasteiger charge is -2.36. The normalized spacial score (nSPS) is 22.3. The van der Waals surface area contributed by atoms with Crippen molar-refractivity contribution in [3.05, 3.63) is 40.8 Å². The fourth-order valence-electron chi connectivity index (χ4n) is 5.84. The quantitative estimate of drug-likeness (QED) is 0.383. The number of phenolic OH excluding ortho intramolecular Hbond substituents is 1. The lowest BCUT2D eigenvalue weighted by atomic mass is 9.98. The zero-order valence-corrected chi connectivity index (χ0v) is 20.5. The number of ether oxygens (including phenoxy) is 2. The number of phenols is 1. The minimum absolute atomic E-state index is 0.00685. The van der Waals surface area contributed by atoms with Crippen molar-refractivity contribution in [2.24, 2.45) is 0 Å². The zero-order valence-electron chi connectivity index (χ0n) is 19.7. The van der Waals surface area contributed by atoms with Gasteiger partial charge in [-0.25, -0.2) is 9.37 Å². The highest BCUT2D eigenvalue weighted by Crippen LogP contribution is 2.46. The molecule has 2 aromatic carbocycles. The van der Waals surface area contributed by atoms with E-state index < -0.39 is 5.82 Å². The van der Waals surface area contributed by atoms with Gasteiger partial charge in [-0.3, -0.25) is 5.10 Å². The third kappa shape index (κ3) is 3.50. The Morgan fingerprint density at radius 1 is 1.14 bits per heavy atom. The van der Waals surface area contributed by atoms with Crippen molar-refractivity contribution in [2.75, 3.05) is 14.2 Å². The minimum atomic E-state index is -0.471. The summed E-state index contributed by atoms with van der Waals surface area (Å²) in [6, 6.07) is 7.08. The molecule has 0 saturated carbocycles. The summed E-state index contributed by atoms with van der Waals surface area (Å²) >= 11 is 6.17. The first kappa shape index (κ1) is 22.4. The Morgan fingerprint density at radius 3 is 2.57 bits per heavy atom. The van der Waals surface area contributed by atoms with Crippen molar-refractivity contribution in [3.63, 3.8) is 0 Å². The Morgan fingerprint density at radius 2 is 1.89 bits per heavy atom. The third-order valence-corrected chi connectivity index (χ3v) is 7.91. The molecule has 7 nitrogen and oxygen atoms in total. The summed E-state index contributed by atoms with van der Waals surface area (Å²) in [5.41, 5.74) is 2.12. The first-order valence-corrected chi connectivity index (χ1v) is 12.2. The molecular weight excluding hydrogens is 471 g/mol. The number of fused-ring (bicyclic) bond motifs is 5. The summed E-state index contributed by atoms with van der Waals surface area (Å²) in [6.07, 6.45) is 4.15. The molecule has 182 valence electrons. The van der Waals surface area contributed by atoms with E-state index in [2.05, 4.69) is 27.1 Å². The summed E-state index contributed by atoms with van der Waals surface area (Å²) in [5, 5.41) is 18.8. The number of nitrogens with one attached hydrogen (secondary N) is 1. The van der Waals surface area contributed by atoms with Gasteiger partial charge in [-0.2, -0.15) is 5.10 Å². The van der Waals surface area contributed by atoms with Gasteiger partial charge in [0, 0.05) is 34.5 Å². The number of aromatic amines is 1. The maximum absolute atomic E-state index is 15.9. The summed E-state index contributed by atoms with van der Waals surface area (Å²) in [5.74, 6) is 0.310. The van der Waals surface area contributed by atoms with E-state index >= 15 is 4.39 Å². The predicted molar refractivity (Wildman–Crippen MR) is 133 cm³/mol. The Bertz CT molecular complexity index is 1460. The van der Waals surface area contributed by atoms with Crippen molar-refractivity contribution < 1.29 is 19.0 Å². The minimum Gasteiger partial charge on any atom is -0.506 e. The number of aromatic nitrogens is 3. The van der Waals surface area contributed by atoms with Gasteiger partial charge < -0.3 is 19.5 Å². The van der Waals surface area contributed by atoms with Crippen molar-refractivity contribution in [2.45, 2.75) is 50.8 Å². The van der Waals surface area contributed by atoms with Gasteiger partial charge >= 0.3 is 0 Å². The van der Waals surface area contributed by atoms with Gasteiger partial charge in [-0.1, -0.05) is 11.6 Å². The van der Waals surface area contributed by atoms with E-state index in [0.717, 1.165) is 12.8 Å². The van der Waals surface area contributed by atoms with Gasteiger partial charge in [0.2, 0.25) is 0 Å². The van der Waals surface area contributed by atoms with Crippen LogP contribution in [0, 0.1) is 12.7 Å². The maximum Gasteiger partial charge on any atom is 0.169 e. The van der Waals surface area contributed by atoms with Crippen molar-refractivity contribution in [1.82, 2.24) is 20.1 Å². The molecule has 2 saturated heterocycles. The number of nitrogens with zero attached hydrogens (tertiary/aromatic N) is 3. The lowest BCUT2D eigenvalue weighted by Crippen LogP contribution is -2.43. The first-order valence-electron chi connectivity index (χ1n) is 11.8. The van der Waals surface area contributed by atoms with Crippen molar-refractivity contribution in [3.8, 4) is 28.5 Å². The standard InChI is InChI=1S/C26H26ClFN4O3/c1-12-21-23-22(24(29-26(21)31-30-12)13-4-7-19(33)17(27)8-13)18(28)11-20(25(23)34-3)35-16-9-14-5-6-15(10-16)32(14)2/h4,7-8,11,14-16,33H,5-6,9-10H2,1-3H3,(H,29,30,31)/t14-,15+,16-. The van der Waals surface area contributed by atoms with Crippen LogP contribution in [-0.4, -0.2) is 57.5 Å². The van der Waals surface area contributed by atoms with E-state index in [4.69, 9.17) is 21.1 Å². The number of aryl methyl sites for hydroxylation is 1. The van der Waals surface area contributed by atoms with Crippen molar-refractivity contribution in [1.29, 1.82) is 0 Å². The largest absolute Gasteiger partial charge is 0.506 e. The molecule has 0 spiro atoms. The van der Waals surface area contributed by atoms with Crippen LogP contribution in [0.4, 0.5) is 4.39 Å². The fourth-order valence-corrected chi connectivity index (χ4v) is 6.02. The summed E-state index contributed by atoms with van der Waals surface area (Å²) in [4.78, 5) is 7.12. The Labute approximate surface area is 206 Å².